The van der Waals surface area contributed by atoms with Crippen LogP contribution in [0.1, 0.15) is 87.1 Å². The number of esters is 1. The van der Waals surface area contributed by atoms with Crippen molar-refractivity contribution in [3.63, 3.8) is 0 Å². The number of carbonyl (C=O) groups excluding carboxylic acids is 1. The van der Waals surface area contributed by atoms with Crippen LogP contribution >= 0.6 is 11.6 Å². The van der Waals surface area contributed by atoms with Gasteiger partial charge in [0.05, 0.1) is 13.7 Å². The van der Waals surface area contributed by atoms with Gasteiger partial charge in [0, 0.05) is 28.2 Å². The van der Waals surface area contributed by atoms with Crippen molar-refractivity contribution >= 4 is 33.4 Å². The fourth-order valence-electron chi connectivity index (χ4n) is 8.54. The molecule has 14 heteroatoms. The van der Waals surface area contributed by atoms with E-state index in [-0.39, 0.29) is 11.8 Å². The number of aryl methyl sites for hydroxylation is 1. The molecule has 1 aromatic heterocycles. The second-order valence-electron chi connectivity index (χ2n) is 14.3. The van der Waals surface area contributed by atoms with Gasteiger partial charge in [0.1, 0.15) is 11.3 Å². The van der Waals surface area contributed by atoms with Crippen LogP contribution in [0.3, 0.4) is 0 Å². The Morgan fingerprint density at radius 3 is 2.57 bits per heavy atom. The molecule has 0 unspecified atom stereocenters. The quantitative estimate of drug-likeness (QED) is 0.120. The summed E-state index contributed by atoms with van der Waals surface area (Å²) in [6, 6.07) is 11.4. The second kappa shape index (κ2) is 14.0. The number of methoxy groups -OCH3 is 1. The Morgan fingerprint density at radius 1 is 1.14 bits per heavy atom. The van der Waals surface area contributed by atoms with E-state index in [9.17, 15) is 31.5 Å². The van der Waals surface area contributed by atoms with Crippen LogP contribution in [0, 0.1) is 11.8 Å². The third-order valence-corrected chi connectivity index (χ3v) is 12.2. The summed E-state index contributed by atoms with van der Waals surface area (Å²) in [5.41, 5.74) is -3.36. The first-order chi connectivity index (χ1) is 24.1. The molecule has 276 valence electrons. The third kappa shape index (κ3) is 7.20. The molecule has 0 aliphatic heterocycles. The van der Waals surface area contributed by atoms with E-state index >= 15 is 0 Å². The fraction of sp³-hybridized carbons (Fsp3) is 0.514. The van der Waals surface area contributed by atoms with E-state index in [4.69, 9.17) is 21.1 Å². The van der Waals surface area contributed by atoms with Gasteiger partial charge in [-0.25, -0.2) is 4.79 Å². The number of ether oxygens (including phenoxy) is 2. The van der Waals surface area contributed by atoms with Crippen molar-refractivity contribution in [2.45, 2.75) is 94.0 Å². The molecule has 9 nitrogen and oxygen atoms in total. The van der Waals surface area contributed by atoms with Crippen molar-refractivity contribution in [3.05, 3.63) is 76.1 Å². The number of phenols is 1. The van der Waals surface area contributed by atoms with Crippen LogP contribution in [-0.4, -0.2) is 49.2 Å². The van der Waals surface area contributed by atoms with E-state index in [1.165, 1.54) is 19.2 Å². The van der Waals surface area contributed by atoms with Crippen LogP contribution < -0.4 is 14.2 Å². The molecular formula is C37H42ClF3N2O7S. The van der Waals surface area contributed by atoms with Crippen LogP contribution in [0.2, 0.25) is 5.02 Å². The molecule has 2 N–H and O–H groups in total. The molecule has 1 fully saturated rings. The van der Waals surface area contributed by atoms with Crippen molar-refractivity contribution < 1.29 is 45.1 Å². The van der Waals surface area contributed by atoms with E-state index in [1.807, 2.05) is 6.07 Å². The average molecular weight is 751 g/mol. The van der Waals surface area contributed by atoms with Gasteiger partial charge < -0.3 is 24.1 Å². The Hall–Kier alpha value is -3.71. The lowest BCUT2D eigenvalue weighted by Gasteiger charge is -2.47. The molecule has 0 amide bonds. The Bertz CT molecular complexity index is 1900. The first-order valence-electron chi connectivity index (χ1n) is 17.2. The standard InChI is InChI=1S/C37H42ClF3N2O7S/c1-22(21-49-31-10-15-42-29-9-4-6-23(2)33(29)31)16-25-17-24-18-30(44)32(50-51(46,47)37(39,40)41)20-28(24)35(25)11-13-36(14-12-35,34(45)48-3)43-27-8-5-7-26(38)19-27/h5,7-8,10,15,18-20,22-23,25,43-44H,4,6,9,11-14,16-17,21H2,1-3H3/t22-,23-,25+,35?,36?/m1/s1. The van der Waals surface area contributed by atoms with Crippen LogP contribution in [0.5, 0.6) is 17.2 Å². The Balaban J connectivity index is 1.31. The topological polar surface area (TPSA) is 124 Å². The lowest BCUT2D eigenvalue weighted by molar-refractivity contribution is -0.148. The minimum absolute atomic E-state index is 0.0377. The van der Waals surface area contributed by atoms with E-state index in [1.54, 1.807) is 30.5 Å². The maximum atomic E-state index is 13.4. The second-order valence-corrected chi connectivity index (χ2v) is 16.3. The van der Waals surface area contributed by atoms with Gasteiger partial charge in [-0.3, -0.25) is 4.98 Å². The summed E-state index contributed by atoms with van der Waals surface area (Å²) >= 11 is 6.24. The smallest absolute Gasteiger partial charge is 0.504 e. The SMILES string of the molecule is COC(=O)C1(Nc2cccc(Cl)c2)CCC2(CC1)c1cc(OS(=O)(=O)C(F)(F)F)c(O)cc1C[C@@H]2C[C@@H](C)COc1ccnc2c1[C@H](C)CCC2. The molecule has 0 radical (unpaired) electrons. The number of aromatic hydroxyl groups is 1. The molecular weight excluding hydrogens is 709 g/mol. The maximum Gasteiger partial charge on any atom is 0.534 e. The number of anilines is 1. The van der Waals surface area contributed by atoms with Crippen molar-refractivity contribution in [2.24, 2.45) is 11.8 Å². The van der Waals surface area contributed by atoms with Gasteiger partial charge in [-0.05, 0) is 128 Å². The number of fused-ring (bicyclic) bond motifs is 3. The predicted octanol–water partition coefficient (Wildman–Crippen LogP) is 8.22. The predicted molar refractivity (Wildman–Crippen MR) is 186 cm³/mol. The Labute approximate surface area is 301 Å². The van der Waals surface area contributed by atoms with Gasteiger partial charge in [-0.2, -0.15) is 21.6 Å². The Morgan fingerprint density at radius 2 is 1.88 bits per heavy atom. The lowest BCUT2D eigenvalue weighted by atomic mass is 9.59. The number of benzene rings is 2. The zero-order chi connectivity index (χ0) is 36.8. The number of nitrogens with zero attached hydrogens (tertiary/aromatic N) is 1. The van der Waals surface area contributed by atoms with Gasteiger partial charge in [0.2, 0.25) is 0 Å². The molecule has 51 heavy (non-hydrogen) atoms. The summed E-state index contributed by atoms with van der Waals surface area (Å²) in [6.07, 6.45) is 7.39. The number of nitrogens with one attached hydrogen (secondary N) is 1. The Kier molecular flexibility index (Phi) is 10.2. The summed E-state index contributed by atoms with van der Waals surface area (Å²) in [4.78, 5) is 18.0. The van der Waals surface area contributed by atoms with Crippen molar-refractivity contribution in [2.75, 3.05) is 19.0 Å². The highest BCUT2D eigenvalue weighted by Crippen LogP contribution is 2.58. The van der Waals surface area contributed by atoms with Gasteiger partial charge in [0.25, 0.3) is 0 Å². The molecule has 1 heterocycles. The molecule has 6 rings (SSSR count). The van der Waals surface area contributed by atoms with Crippen LogP contribution in [0.25, 0.3) is 0 Å². The monoisotopic (exact) mass is 750 g/mol. The highest BCUT2D eigenvalue weighted by atomic mass is 35.5. The highest BCUT2D eigenvalue weighted by molar-refractivity contribution is 7.88. The maximum absolute atomic E-state index is 13.4. The van der Waals surface area contributed by atoms with Gasteiger partial charge in [0.15, 0.2) is 11.5 Å². The minimum Gasteiger partial charge on any atom is -0.504 e. The molecule has 3 aromatic rings. The normalized spacial score (nSPS) is 25.1. The molecule has 3 aliphatic rings. The summed E-state index contributed by atoms with van der Waals surface area (Å²) in [5, 5.41) is 14.5. The number of hydrogen-bond acceptors (Lipinski definition) is 9. The van der Waals surface area contributed by atoms with Crippen LogP contribution in [0.15, 0.2) is 48.7 Å². The van der Waals surface area contributed by atoms with Gasteiger partial charge >= 0.3 is 21.6 Å². The summed E-state index contributed by atoms with van der Waals surface area (Å²) in [5.74, 6) is -0.830. The summed E-state index contributed by atoms with van der Waals surface area (Å²) < 4.78 is 80.1. The van der Waals surface area contributed by atoms with E-state index in [0.29, 0.717) is 72.9 Å². The summed E-state index contributed by atoms with van der Waals surface area (Å²) in [7, 11) is -4.73. The molecule has 1 spiro atoms. The summed E-state index contributed by atoms with van der Waals surface area (Å²) in [6.45, 7) is 4.68. The van der Waals surface area contributed by atoms with Crippen molar-refractivity contribution in [3.8, 4) is 17.2 Å². The van der Waals surface area contributed by atoms with Crippen LogP contribution in [0.4, 0.5) is 18.9 Å². The average Bonchev–Trinajstić information content (AvgIpc) is 3.34. The number of alkyl halides is 3. The van der Waals surface area contributed by atoms with Crippen LogP contribution in [-0.2, 0) is 37.9 Å². The number of pyridine rings is 1. The van der Waals surface area contributed by atoms with E-state index in [2.05, 4.69) is 28.3 Å². The van der Waals surface area contributed by atoms with E-state index < -0.39 is 44.0 Å². The first kappa shape index (κ1) is 37.1. The zero-order valence-corrected chi connectivity index (χ0v) is 30.3. The molecule has 0 bridgehead atoms. The molecule has 3 aliphatic carbocycles. The molecule has 0 saturated heterocycles. The molecule has 1 saturated carbocycles. The van der Waals surface area contributed by atoms with Crippen molar-refractivity contribution in [1.29, 1.82) is 0 Å². The van der Waals surface area contributed by atoms with Gasteiger partial charge in [-0.1, -0.05) is 31.5 Å². The number of rotatable bonds is 10. The number of hydrogen-bond donors (Lipinski definition) is 2. The molecule has 2 aromatic carbocycles. The number of phenolic OH excluding ortho intramolecular Hbond substituents is 1. The lowest BCUT2D eigenvalue weighted by Crippen LogP contribution is -2.53. The highest BCUT2D eigenvalue weighted by Gasteiger charge is 2.55. The number of carbonyl (C=O) groups is 1. The van der Waals surface area contributed by atoms with Gasteiger partial charge in [-0.15, -0.1) is 0 Å². The third-order valence-electron chi connectivity index (χ3n) is 11.0. The van der Waals surface area contributed by atoms with E-state index in [0.717, 1.165) is 36.3 Å². The number of aromatic nitrogens is 1. The zero-order valence-electron chi connectivity index (χ0n) is 28.7. The first-order valence-corrected chi connectivity index (χ1v) is 19.0. The largest absolute Gasteiger partial charge is 0.534 e. The van der Waals surface area contributed by atoms with Crippen molar-refractivity contribution in [1.82, 2.24) is 4.98 Å². The number of halogens is 4. The fourth-order valence-corrected chi connectivity index (χ4v) is 9.19. The molecule has 3 atom stereocenters. The minimum atomic E-state index is -6.04.